The minimum Gasteiger partial charge on any atom is -0.342 e. The van der Waals surface area contributed by atoms with Gasteiger partial charge in [0.25, 0.3) is 0 Å². The van der Waals surface area contributed by atoms with E-state index in [4.69, 9.17) is 0 Å². The molecule has 0 saturated carbocycles. The van der Waals surface area contributed by atoms with Gasteiger partial charge >= 0.3 is 0 Å². The second kappa shape index (κ2) is 8.06. The summed E-state index contributed by atoms with van der Waals surface area (Å²) >= 11 is 0. The molecule has 1 amide bonds. The quantitative estimate of drug-likeness (QED) is 0.863. The molecule has 2 fully saturated rings. The van der Waals surface area contributed by atoms with Crippen LogP contribution in [0, 0.1) is 12.8 Å². The summed E-state index contributed by atoms with van der Waals surface area (Å²) in [5.41, 5.74) is 1.03. The Morgan fingerprint density at radius 1 is 1.08 bits per heavy atom. The number of aryl methyl sites for hydroxylation is 1. The number of amides is 1. The Bertz CT molecular complexity index is 725. The first-order valence-corrected chi connectivity index (χ1v) is 10.9. The minimum absolute atomic E-state index is 0.114. The lowest BCUT2D eigenvalue weighted by Crippen LogP contribution is -2.50. The van der Waals surface area contributed by atoms with Crippen LogP contribution in [-0.2, 0) is 14.8 Å². The van der Waals surface area contributed by atoms with E-state index in [-0.39, 0.29) is 11.8 Å². The molecule has 1 unspecified atom stereocenters. The summed E-state index contributed by atoms with van der Waals surface area (Å²) in [6.07, 6.45) is 3.42. The predicted molar refractivity (Wildman–Crippen MR) is 101 cm³/mol. The van der Waals surface area contributed by atoms with Gasteiger partial charge < -0.3 is 10.2 Å². The van der Waals surface area contributed by atoms with Crippen molar-refractivity contribution in [3.63, 3.8) is 0 Å². The van der Waals surface area contributed by atoms with Crippen molar-refractivity contribution in [3.8, 4) is 0 Å². The van der Waals surface area contributed by atoms with Crippen molar-refractivity contribution in [3.05, 3.63) is 29.8 Å². The van der Waals surface area contributed by atoms with Crippen molar-refractivity contribution in [1.29, 1.82) is 0 Å². The number of likely N-dealkylation sites (tertiary alicyclic amines) is 1. The first-order chi connectivity index (χ1) is 12.4. The fourth-order valence-electron chi connectivity index (χ4n) is 3.87. The highest BCUT2D eigenvalue weighted by Crippen LogP contribution is 2.26. The van der Waals surface area contributed by atoms with E-state index in [9.17, 15) is 13.2 Å². The first-order valence-electron chi connectivity index (χ1n) is 9.44. The summed E-state index contributed by atoms with van der Waals surface area (Å²) in [5.74, 6) is -0.113. The van der Waals surface area contributed by atoms with Gasteiger partial charge in [0.05, 0.1) is 10.8 Å². The molecule has 2 aliphatic heterocycles. The van der Waals surface area contributed by atoms with Crippen molar-refractivity contribution in [2.45, 2.75) is 43.5 Å². The average molecular weight is 380 g/mol. The number of sulfonamides is 1. The van der Waals surface area contributed by atoms with Gasteiger partial charge in [0.1, 0.15) is 0 Å². The van der Waals surface area contributed by atoms with Crippen LogP contribution in [0.1, 0.15) is 31.2 Å². The molecule has 2 saturated heterocycles. The molecule has 7 heteroatoms. The van der Waals surface area contributed by atoms with Gasteiger partial charge in [-0.15, -0.1) is 0 Å². The second-order valence-corrected chi connectivity index (χ2v) is 9.34. The molecule has 0 aliphatic carbocycles. The van der Waals surface area contributed by atoms with E-state index in [2.05, 4.69) is 5.32 Å². The van der Waals surface area contributed by atoms with Crippen LogP contribution in [0.25, 0.3) is 0 Å². The van der Waals surface area contributed by atoms with E-state index < -0.39 is 10.0 Å². The molecule has 6 nitrogen and oxygen atoms in total. The van der Waals surface area contributed by atoms with E-state index in [0.717, 1.165) is 44.3 Å². The number of nitrogens with zero attached hydrogens (tertiary/aromatic N) is 2. The maximum absolute atomic E-state index is 12.9. The minimum atomic E-state index is -3.54. The fourth-order valence-corrected chi connectivity index (χ4v) is 5.39. The second-order valence-electron chi connectivity index (χ2n) is 7.40. The van der Waals surface area contributed by atoms with Gasteiger partial charge in [-0.25, -0.2) is 8.42 Å². The SMILES string of the molecule is CNC1CCN(C(=O)C2CCCN(S(=O)(=O)c3ccc(C)cc3)C2)CC1. The summed E-state index contributed by atoms with van der Waals surface area (Å²) in [6, 6.07) is 7.40. The zero-order valence-electron chi connectivity index (χ0n) is 15.6. The van der Waals surface area contributed by atoms with Gasteiger partial charge in [-0.1, -0.05) is 17.7 Å². The highest BCUT2D eigenvalue weighted by atomic mass is 32.2. The Morgan fingerprint density at radius 2 is 1.73 bits per heavy atom. The van der Waals surface area contributed by atoms with E-state index >= 15 is 0 Å². The lowest BCUT2D eigenvalue weighted by Gasteiger charge is -2.37. The van der Waals surface area contributed by atoms with Crippen LogP contribution in [0.4, 0.5) is 0 Å². The molecule has 2 aliphatic rings. The fraction of sp³-hybridized carbons (Fsp3) is 0.632. The third kappa shape index (κ3) is 4.10. The largest absolute Gasteiger partial charge is 0.342 e. The van der Waals surface area contributed by atoms with E-state index in [0.29, 0.717) is 24.0 Å². The number of hydrogen-bond donors (Lipinski definition) is 1. The monoisotopic (exact) mass is 379 g/mol. The van der Waals surface area contributed by atoms with Crippen LogP contribution < -0.4 is 5.32 Å². The third-order valence-electron chi connectivity index (χ3n) is 5.61. The highest BCUT2D eigenvalue weighted by Gasteiger charge is 2.35. The maximum Gasteiger partial charge on any atom is 0.243 e. The van der Waals surface area contributed by atoms with Crippen molar-refractivity contribution in [1.82, 2.24) is 14.5 Å². The Hall–Kier alpha value is -1.44. The zero-order valence-corrected chi connectivity index (χ0v) is 16.5. The van der Waals surface area contributed by atoms with Crippen molar-refractivity contribution in [2.75, 3.05) is 33.2 Å². The molecule has 3 rings (SSSR count). The van der Waals surface area contributed by atoms with Gasteiger partial charge in [0, 0.05) is 32.2 Å². The molecule has 26 heavy (non-hydrogen) atoms. The van der Waals surface area contributed by atoms with Crippen molar-refractivity contribution >= 4 is 15.9 Å². The Labute approximate surface area is 156 Å². The smallest absolute Gasteiger partial charge is 0.243 e. The van der Waals surface area contributed by atoms with Crippen LogP contribution in [0.3, 0.4) is 0 Å². The molecule has 0 aromatic heterocycles. The Kier molecular flexibility index (Phi) is 5.99. The maximum atomic E-state index is 12.9. The van der Waals surface area contributed by atoms with E-state index in [1.54, 1.807) is 12.1 Å². The van der Waals surface area contributed by atoms with Crippen molar-refractivity contribution in [2.24, 2.45) is 5.92 Å². The summed E-state index contributed by atoms with van der Waals surface area (Å²) in [7, 11) is -1.58. The van der Waals surface area contributed by atoms with Crippen molar-refractivity contribution < 1.29 is 13.2 Å². The Balaban J connectivity index is 1.67. The molecule has 1 aromatic rings. The Morgan fingerprint density at radius 3 is 2.35 bits per heavy atom. The van der Waals surface area contributed by atoms with Crippen LogP contribution in [0.5, 0.6) is 0 Å². The van der Waals surface area contributed by atoms with Crippen LogP contribution in [0.2, 0.25) is 0 Å². The number of carbonyl (C=O) groups excluding carboxylic acids is 1. The number of benzene rings is 1. The number of hydrogen-bond acceptors (Lipinski definition) is 4. The lowest BCUT2D eigenvalue weighted by molar-refractivity contribution is -0.137. The third-order valence-corrected chi connectivity index (χ3v) is 7.49. The van der Waals surface area contributed by atoms with Gasteiger partial charge in [0.2, 0.25) is 15.9 Å². The summed E-state index contributed by atoms with van der Waals surface area (Å²) in [5, 5.41) is 3.27. The predicted octanol–water partition coefficient (Wildman–Crippen LogP) is 1.61. The topological polar surface area (TPSA) is 69.7 Å². The average Bonchev–Trinajstić information content (AvgIpc) is 2.68. The van der Waals surface area contributed by atoms with Gasteiger partial charge in [-0.3, -0.25) is 4.79 Å². The van der Waals surface area contributed by atoms with E-state index in [1.807, 2.05) is 31.0 Å². The molecule has 0 bridgehead atoms. The number of nitrogens with one attached hydrogen (secondary N) is 1. The molecule has 144 valence electrons. The molecule has 1 atom stereocenters. The number of piperidine rings is 2. The molecule has 0 spiro atoms. The first kappa shape index (κ1) is 19.3. The normalized spacial score (nSPS) is 23.2. The molecule has 0 radical (unpaired) electrons. The van der Waals surface area contributed by atoms with Gasteiger partial charge in [-0.2, -0.15) is 4.31 Å². The molecule has 2 heterocycles. The zero-order chi connectivity index (χ0) is 18.7. The number of carbonyl (C=O) groups is 1. The molecule has 1 aromatic carbocycles. The van der Waals surface area contributed by atoms with E-state index in [1.165, 1.54) is 4.31 Å². The van der Waals surface area contributed by atoms with Gasteiger partial charge in [-0.05, 0) is 51.8 Å². The highest BCUT2D eigenvalue weighted by molar-refractivity contribution is 7.89. The number of rotatable bonds is 4. The molecular weight excluding hydrogens is 350 g/mol. The molecule has 1 N–H and O–H groups in total. The summed E-state index contributed by atoms with van der Waals surface area (Å²) < 4.78 is 27.3. The summed E-state index contributed by atoms with van der Waals surface area (Å²) in [6.45, 7) is 4.23. The van der Waals surface area contributed by atoms with Gasteiger partial charge in [0.15, 0.2) is 0 Å². The standard InChI is InChI=1S/C19H29N3O3S/c1-15-5-7-18(8-6-15)26(24,25)22-11-3-4-16(14-22)19(23)21-12-9-17(20-2)10-13-21/h5-8,16-17,20H,3-4,9-14H2,1-2H3. The lowest BCUT2D eigenvalue weighted by atomic mass is 9.96. The van der Waals surface area contributed by atoms with Crippen LogP contribution in [0.15, 0.2) is 29.2 Å². The van der Waals surface area contributed by atoms with Crippen LogP contribution in [-0.4, -0.2) is 62.8 Å². The molecular formula is C19H29N3O3S. The van der Waals surface area contributed by atoms with Crippen LogP contribution >= 0.6 is 0 Å². The summed E-state index contributed by atoms with van der Waals surface area (Å²) in [4.78, 5) is 15.1.